The molecule has 156 valence electrons. The van der Waals surface area contributed by atoms with Crippen LogP contribution in [0.1, 0.15) is 35.9 Å². The Hall–Kier alpha value is -3.95. The maximum Gasteiger partial charge on any atom is 0.306 e. The molecule has 0 saturated carbocycles. The van der Waals surface area contributed by atoms with E-state index in [9.17, 15) is 19.2 Å². The minimum atomic E-state index is -0.551. The van der Waals surface area contributed by atoms with Gasteiger partial charge in [0.25, 0.3) is 11.5 Å². The number of nitrogens with one attached hydrogen (secondary N) is 2. The van der Waals surface area contributed by atoms with E-state index in [4.69, 9.17) is 9.15 Å². The van der Waals surface area contributed by atoms with Gasteiger partial charge in [0, 0.05) is 12.6 Å². The maximum atomic E-state index is 12.7. The van der Waals surface area contributed by atoms with Crippen LogP contribution in [0.3, 0.4) is 0 Å². The minimum Gasteiger partial charge on any atom is -0.467 e. The highest BCUT2D eigenvalue weighted by molar-refractivity contribution is 5.94. The van der Waals surface area contributed by atoms with E-state index in [1.165, 1.54) is 35.2 Å². The summed E-state index contributed by atoms with van der Waals surface area (Å²) in [4.78, 5) is 52.5. The molecule has 30 heavy (non-hydrogen) atoms. The monoisotopic (exact) mass is 412 g/mol. The number of amides is 2. The van der Waals surface area contributed by atoms with Gasteiger partial charge in [-0.1, -0.05) is 0 Å². The van der Waals surface area contributed by atoms with Gasteiger partial charge in [-0.15, -0.1) is 0 Å². The summed E-state index contributed by atoms with van der Waals surface area (Å²) in [5.74, 6) is -0.819. The molecule has 0 spiro atoms. The topological polar surface area (TPSA) is 132 Å². The Balaban J connectivity index is 1.72. The molecule has 3 heterocycles. The van der Waals surface area contributed by atoms with E-state index in [2.05, 4.69) is 15.6 Å². The zero-order valence-electron chi connectivity index (χ0n) is 16.2. The molecule has 0 aliphatic rings. The quantitative estimate of drug-likeness (QED) is 0.536. The molecule has 0 unspecified atom stereocenters. The number of carbonyl (C=O) groups excluding carboxylic acids is 3. The van der Waals surface area contributed by atoms with Crippen molar-refractivity contribution in [3.05, 3.63) is 64.6 Å². The van der Waals surface area contributed by atoms with Gasteiger partial charge in [0.2, 0.25) is 5.91 Å². The molecule has 2 amide bonds. The number of hydrogen-bond donors (Lipinski definition) is 2. The normalized spacial score (nSPS) is 10.6. The first-order valence-electron chi connectivity index (χ1n) is 9.25. The van der Waals surface area contributed by atoms with Gasteiger partial charge in [0.1, 0.15) is 17.1 Å². The van der Waals surface area contributed by atoms with Gasteiger partial charge in [-0.25, -0.2) is 4.98 Å². The zero-order valence-corrected chi connectivity index (χ0v) is 16.2. The number of fused-ring (bicyclic) bond motifs is 1. The van der Waals surface area contributed by atoms with E-state index in [1.807, 2.05) is 0 Å². The van der Waals surface area contributed by atoms with Crippen LogP contribution in [0.25, 0.3) is 5.65 Å². The molecule has 0 saturated heterocycles. The number of ether oxygens (including phenoxy) is 1. The first-order chi connectivity index (χ1) is 14.5. The van der Waals surface area contributed by atoms with Crippen LogP contribution in [0.5, 0.6) is 0 Å². The average molecular weight is 412 g/mol. The second kappa shape index (κ2) is 9.50. The summed E-state index contributed by atoms with van der Waals surface area (Å²) in [7, 11) is 0. The molecule has 0 atom stereocenters. The van der Waals surface area contributed by atoms with Crippen LogP contribution < -0.4 is 16.2 Å². The Morgan fingerprint density at radius 1 is 1.20 bits per heavy atom. The number of rotatable bonds is 8. The number of furan rings is 1. The molecule has 10 heteroatoms. The van der Waals surface area contributed by atoms with Crippen LogP contribution in [0.4, 0.5) is 5.69 Å². The highest BCUT2D eigenvalue weighted by Gasteiger charge is 2.13. The van der Waals surface area contributed by atoms with E-state index in [0.717, 1.165) is 0 Å². The van der Waals surface area contributed by atoms with Gasteiger partial charge < -0.3 is 19.8 Å². The minimum absolute atomic E-state index is 0.0606. The summed E-state index contributed by atoms with van der Waals surface area (Å²) < 4.78 is 11.1. The van der Waals surface area contributed by atoms with Crippen molar-refractivity contribution < 1.29 is 23.5 Å². The lowest BCUT2D eigenvalue weighted by Gasteiger charge is -2.08. The fourth-order valence-corrected chi connectivity index (χ4v) is 2.64. The predicted octanol–water partition coefficient (Wildman–Crippen LogP) is 1.50. The van der Waals surface area contributed by atoms with Crippen molar-refractivity contribution in [1.82, 2.24) is 14.7 Å². The van der Waals surface area contributed by atoms with Crippen LogP contribution in [-0.4, -0.2) is 33.8 Å². The highest BCUT2D eigenvalue weighted by atomic mass is 16.5. The Labute approximate surface area is 170 Å². The number of carbonyl (C=O) groups is 3. The van der Waals surface area contributed by atoms with Gasteiger partial charge in [0.05, 0.1) is 37.6 Å². The van der Waals surface area contributed by atoms with E-state index in [1.54, 1.807) is 19.1 Å². The van der Waals surface area contributed by atoms with Gasteiger partial charge >= 0.3 is 5.97 Å². The van der Waals surface area contributed by atoms with E-state index in [0.29, 0.717) is 11.4 Å². The third kappa shape index (κ3) is 5.10. The second-order valence-corrected chi connectivity index (χ2v) is 6.24. The summed E-state index contributed by atoms with van der Waals surface area (Å²) in [6.45, 7) is 2.10. The number of pyridine rings is 1. The van der Waals surface area contributed by atoms with Crippen molar-refractivity contribution in [3.63, 3.8) is 0 Å². The first kappa shape index (κ1) is 20.8. The molecule has 3 aromatic heterocycles. The van der Waals surface area contributed by atoms with Crippen molar-refractivity contribution in [2.45, 2.75) is 26.3 Å². The third-order valence-electron chi connectivity index (χ3n) is 4.10. The number of nitrogens with zero attached hydrogens (tertiary/aromatic N) is 2. The highest BCUT2D eigenvalue weighted by Crippen LogP contribution is 2.07. The SMILES string of the molecule is CCOC(=O)CCC(=O)Nc1cnc2ccc(C(=O)NCc3ccco3)cn2c1=O. The van der Waals surface area contributed by atoms with Crippen molar-refractivity contribution in [2.75, 3.05) is 11.9 Å². The largest absolute Gasteiger partial charge is 0.467 e. The van der Waals surface area contributed by atoms with Crippen LogP contribution in [0.2, 0.25) is 0 Å². The summed E-state index contributed by atoms with van der Waals surface area (Å²) >= 11 is 0. The Kier molecular flexibility index (Phi) is 6.58. The molecule has 3 rings (SSSR count). The van der Waals surface area contributed by atoms with E-state index < -0.39 is 23.3 Å². The standard InChI is InChI=1S/C20H20N4O6/c1-2-29-18(26)8-7-17(25)23-15-11-21-16-6-5-13(12-24(16)20(15)28)19(27)22-10-14-4-3-9-30-14/h3-6,9,11-12H,2,7-8,10H2,1H3,(H,22,27)(H,23,25). The molecule has 2 N–H and O–H groups in total. The lowest BCUT2D eigenvalue weighted by molar-refractivity contribution is -0.144. The Morgan fingerprint density at radius 3 is 2.77 bits per heavy atom. The zero-order chi connectivity index (χ0) is 21.5. The summed E-state index contributed by atoms with van der Waals surface area (Å²) in [5, 5.41) is 5.12. The lowest BCUT2D eigenvalue weighted by atomic mass is 10.2. The average Bonchev–Trinajstić information content (AvgIpc) is 3.26. The molecule has 0 fully saturated rings. The summed E-state index contributed by atoms with van der Waals surface area (Å²) in [6.07, 6.45) is 3.86. The third-order valence-corrected chi connectivity index (χ3v) is 4.10. The van der Waals surface area contributed by atoms with Crippen molar-refractivity contribution in [2.24, 2.45) is 0 Å². The smallest absolute Gasteiger partial charge is 0.306 e. The van der Waals surface area contributed by atoms with E-state index >= 15 is 0 Å². The Morgan fingerprint density at radius 2 is 2.03 bits per heavy atom. The molecule has 0 radical (unpaired) electrons. The maximum absolute atomic E-state index is 12.7. The van der Waals surface area contributed by atoms with Gasteiger partial charge in [-0.2, -0.15) is 0 Å². The molecule has 0 aliphatic carbocycles. The fourth-order valence-electron chi connectivity index (χ4n) is 2.64. The van der Waals surface area contributed by atoms with Crippen molar-refractivity contribution >= 4 is 29.1 Å². The first-order valence-corrected chi connectivity index (χ1v) is 9.25. The van der Waals surface area contributed by atoms with Crippen molar-refractivity contribution in [1.29, 1.82) is 0 Å². The Bertz CT molecular complexity index is 1120. The molecular formula is C20H20N4O6. The number of esters is 1. The summed E-state index contributed by atoms with van der Waals surface area (Å²) in [5.41, 5.74) is -0.0597. The van der Waals surface area contributed by atoms with Crippen LogP contribution in [0.15, 0.2) is 52.1 Å². The lowest BCUT2D eigenvalue weighted by Crippen LogP contribution is -2.26. The van der Waals surface area contributed by atoms with Crippen LogP contribution in [0, 0.1) is 0 Å². The van der Waals surface area contributed by atoms with E-state index in [-0.39, 0.29) is 37.2 Å². The molecule has 0 bridgehead atoms. The van der Waals surface area contributed by atoms with Gasteiger partial charge in [-0.3, -0.25) is 23.6 Å². The molecular weight excluding hydrogens is 392 g/mol. The molecule has 0 aliphatic heterocycles. The molecule has 10 nitrogen and oxygen atoms in total. The van der Waals surface area contributed by atoms with Gasteiger partial charge in [-0.05, 0) is 31.2 Å². The van der Waals surface area contributed by atoms with Crippen molar-refractivity contribution in [3.8, 4) is 0 Å². The van der Waals surface area contributed by atoms with Crippen LogP contribution in [-0.2, 0) is 20.9 Å². The second-order valence-electron chi connectivity index (χ2n) is 6.24. The van der Waals surface area contributed by atoms with Gasteiger partial charge in [0.15, 0.2) is 0 Å². The summed E-state index contributed by atoms with van der Waals surface area (Å²) in [6, 6.07) is 6.50. The fraction of sp³-hybridized carbons (Fsp3) is 0.250. The number of hydrogen-bond acceptors (Lipinski definition) is 7. The number of anilines is 1. The molecule has 3 aromatic rings. The number of aromatic nitrogens is 2. The van der Waals surface area contributed by atoms with Crippen LogP contribution >= 0.6 is 0 Å². The predicted molar refractivity (Wildman–Crippen MR) is 106 cm³/mol. The molecule has 0 aromatic carbocycles.